The highest BCUT2D eigenvalue weighted by atomic mass is 16.2. The van der Waals surface area contributed by atoms with Gasteiger partial charge in [-0.05, 0) is 68.6 Å². The molecule has 114 valence electrons. The maximum atomic E-state index is 12.6. The molecule has 0 aromatic carbocycles. The van der Waals surface area contributed by atoms with Crippen LogP contribution in [0.5, 0.6) is 0 Å². The second-order valence-corrected chi connectivity index (χ2v) is 8.25. The van der Waals surface area contributed by atoms with E-state index in [2.05, 4.69) is 19.2 Å². The number of rotatable bonds is 5. The zero-order valence-electron chi connectivity index (χ0n) is 13.0. The topological polar surface area (TPSA) is 55.1 Å². The van der Waals surface area contributed by atoms with E-state index >= 15 is 0 Å². The Morgan fingerprint density at radius 1 is 1.15 bits per heavy atom. The number of carbonyl (C=O) groups is 1. The lowest BCUT2D eigenvalue weighted by Crippen LogP contribution is -2.61. The highest BCUT2D eigenvalue weighted by Gasteiger charge is 2.51. The number of nitrogens with one attached hydrogen (secondary N) is 1. The molecule has 0 heterocycles. The van der Waals surface area contributed by atoms with Crippen LogP contribution in [-0.4, -0.2) is 18.0 Å². The molecule has 0 aromatic rings. The first-order chi connectivity index (χ1) is 9.49. The molecule has 4 fully saturated rings. The summed E-state index contributed by atoms with van der Waals surface area (Å²) in [6, 6.07) is 0. The normalized spacial score (nSPS) is 40.1. The van der Waals surface area contributed by atoms with Crippen LogP contribution in [0.2, 0.25) is 0 Å². The molecule has 1 atom stereocenters. The monoisotopic (exact) mass is 278 g/mol. The molecule has 20 heavy (non-hydrogen) atoms. The van der Waals surface area contributed by atoms with E-state index in [0.29, 0.717) is 12.5 Å². The summed E-state index contributed by atoms with van der Waals surface area (Å²) in [5.41, 5.74) is 5.96. The van der Waals surface area contributed by atoms with Gasteiger partial charge in [0.15, 0.2) is 0 Å². The summed E-state index contributed by atoms with van der Waals surface area (Å²) in [6.07, 6.45) is 8.84. The molecule has 3 N–H and O–H groups in total. The Morgan fingerprint density at radius 3 is 2.05 bits per heavy atom. The van der Waals surface area contributed by atoms with Gasteiger partial charge in [0.25, 0.3) is 0 Å². The van der Waals surface area contributed by atoms with E-state index in [1.807, 2.05) is 0 Å². The van der Waals surface area contributed by atoms with E-state index in [0.717, 1.165) is 24.2 Å². The van der Waals surface area contributed by atoms with Crippen LogP contribution in [0, 0.1) is 29.6 Å². The summed E-state index contributed by atoms with van der Waals surface area (Å²) in [6.45, 7) is 4.82. The number of carbonyl (C=O) groups excluding carboxylic acids is 1. The van der Waals surface area contributed by atoms with Crippen LogP contribution in [0.4, 0.5) is 0 Å². The number of amides is 1. The van der Waals surface area contributed by atoms with E-state index in [4.69, 9.17) is 5.73 Å². The molecule has 3 heteroatoms. The highest BCUT2D eigenvalue weighted by molar-refractivity contribution is 5.79. The smallest absolute Gasteiger partial charge is 0.224 e. The number of hydrogen-bond acceptors (Lipinski definition) is 2. The zero-order chi connectivity index (χ0) is 14.3. The quantitative estimate of drug-likeness (QED) is 0.812. The lowest BCUT2D eigenvalue weighted by molar-refractivity contribution is -0.131. The van der Waals surface area contributed by atoms with E-state index in [1.165, 1.54) is 38.5 Å². The van der Waals surface area contributed by atoms with Crippen LogP contribution >= 0.6 is 0 Å². The van der Waals surface area contributed by atoms with Gasteiger partial charge in [-0.15, -0.1) is 0 Å². The minimum atomic E-state index is 0.00278. The Labute approximate surface area is 123 Å². The van der Waals surface area contributed by atoms with Gasteiger partial charge in [0.05, 0.1) is 5.92 Å². The summed E-state index contributed by atoms with van der Waals surface area (Å²) in [4.78, 5) is 12.6. The van der Waals surface area contributed by atoms with Gasteiger partial charge in [-0.25, -0.2) is 0 Å². The molecule has 4 saturated carbocycles. The van der Waals surface area contributed by atoms with Crippen LogP contribution in [-0.2, 0) is 4.79 Å². The second kappa shape index (κ2) is 5.32. The van der Waals surface area contributed by atoms with E-state index in [9.17, 15) is 4.79 Å². The van der Waals surface area contributed by atoms with Crippen LogP contribution in [0.1, 0.15) is 58.8 Å². The second-order valence-electron chi connectivity index (χ2n) is 8.25. The Bertz CT molecular complexity index is 342. The molecule has 4 bridgehead atoms. The van der Waals surface area contributed by atoms with Crippen molar-refractivity contribution in [3.05, 3.63) is 0 Å². The lowest BCUT2D eigenvalue weighted by atomic mass is 9.53. The summed E-state index contributed by atoms with van der Waals surface area (Å²) < 4.78 is 0. The first kappa shape index (κ1) is 14.4. The van der Waals surface area contributed by atoms with Crippen molar-refractivity contribution in [3.8, 4) is 0 Å². The summed E-state index contributed by atoms with van der Waals surface area (Å²) in [5.74, 6) is 3.39. The molecule has 4 aliphatic rings. The molecular formula is C17H30N2O. The van der Waals surface area contributed by atoms with Crippen molar-refractivity contribution in [2.75, 3.05) is 6.54 Å². The average molecular weight is 278 g/mol. The maximum Gasteiger partial charge on any atom is 0.224 e. The fraction of sp³-hybridized carbons (Fsp3) is 0.941. The van der Waals surface area contributed by atoms with Gasteiger partial charge < -0.3 is 11.1 Å². The fourth-order valence-corrected chi connectivity index (χ4v) is 5.51. The maximum absolute atomic E-state index is 12.6. The van der Waals surface area contributed by atoms with Gasteiger partial charge in [-0.3, -0.25) is 4.79 Å². The van der Waals surface area contributed by atoms with Crippen molar-refractivity contribution in [2.45, 2.75) is 64.3 Å². The van der Waals surface area contributed by atoms with Crippen molar-refractivity contribution in [2.24, 2.45) is 35.3 Å². The number of nitrogens with two attached hydrogens (primary N) is 1. The van der Waals surface area contributed by atoms with Crippen molar-refractivity contribution >= 4 is 5.91 Å². The van der Waals surface area contributed by atoms with Gasteiger partial charge in [0.1, 0.15) is 0 Å². The van der Waals surface area contributed by atoms with Crippen molar-refractivity contribution in [3.63, 3.8) is 0 Å². The summed E-state index contributed by atoms with van der Waals surface area (Å²) in [7, 11) is 0. The molecule has 0 spiro atoms. The zero-order valence-corrected chi connectivity index (χ0v) is 13.0. The van der Waals surface area contributed by atoms with Crippen molar-refractivity contribution in [1.82, 2.24) is 5.32 Å². The molecule has 0 aromatic heterocycles. The SMILES string of the molecule is CC(C)CC(CN)C(=O)NC12CC3CC(CC(C3)C1)C2. The molecule has 1 unspecified atom stereocenters. The summed E-state index contributed by atoms with van der Waals surface area (Å²) >= 11 is 0. The van der Waals surface area contributed by atoms with E-state index in [-0.39, 0.29) is 17.4 Å². The van der Waals surface area contributed by atoms with Crippen molar-refractivity contribution in [1.29, 1.82) is 0 Å². The molecular weight excluding hydrogens is 248 g/mol. The van der Waals surface area contributed by atoms with Crippen LogP contribution in [0.3, 0.4) is 0 Å². The molecule has 4 aliphatic carbocycles. The minimum absolute atomic E-state index is 0.00278. The predicted molar refractivity (Wildman–Crippen MR) is 81.0 cm³/mol. The first-order valence-corrected chi connectivity index (χ1v) is 8.52. The van der Waals surface area contributed by atoms with Gasteiger partial charge in [-0.1, -0.05) is 13.8 Å². The molecule has 4 rings (SSSR count). The van der Waals surface area contributed by atoms with E-state index < -0.39 is 0 Å². The lowest BCUT2D eigenvalue weighted by Gasteiger charge is -2.57. The molecule has 0 radical (unpaired) electrons. The minimum Gasteiger partial charge on any atom is -0.350 e. The molecule has 0 aliphatic heterocycles. The third-order valence-corrected chi connectivity index (χ3v) is 5.84. The average Bonchev–Trinajstić information content (AvgIpc) is 2.33. The summed E-state index contributed by atoms with van der Waals surface area (Å²) in [5, 5.41) is 3.46. The Morgan fingerprint density at radius 2 is 1.65 bits per heavy atom. The standard InChI is InChI=1S/C17H30N2O/c1-11(2)3-15(10-18)16(20)19-17-7-12-4-13(8-17)6-14(5-12)9-17/h11-15H,3-10,18H2,1-2H3,(H,19,20). The Balaban J connectivity index is 1.66. The van der Waals surface area contributed by atoms with Gasteiger partial charge in [0.2, 0.25) is 5.91 Å². The fourth-order valence-electron chi connectivity index (χ4n) is 5.51. The highest BCUT2D eigenvalue weighted by Crippen LogP contribution is 2.55. The van der Waals surface area contributed by atoms with Crippen LogP contribution in [0.25, 0.3) is 0 Å². The van der Waals surface area contributed by atoms with Crippen molar-refractivity contribution < 1.29 is 4.79 Å². The van der Waals surface area contributed by atoms with Gasteiger partial charge >= 0.3 is 0 Å². The van der Waals surface area contributed by atoms with Gasteiger partial charge in [-0.2, -0.15) is 0 Å². The predicted octanol–water partition coefficient (Wildman–Crippen LogP) is 2.69. The Kier molecular flexibility index (Phi) is 3.83. The third kappa shape index (κ3) is 2.74. The van der Waals surface area contributed by atoms with Gasteiger partial charge in [0, 0.05) is 12.1 Å². The van der Waals surface area contributed by atoms with Crippen LogP contribution in [0.15, 0.2) is 0 Å². The Hall–Kier alpha value is -0.570. The first-order valence-electron chi connectivity index (χ1n) is 8.52. The van der Waals surface area contributed by atoms with Crippen LogP contribution < -0.4 is 11.1 Å². The third-order valence-electron chi connectivity index (χ3n) is 5.84. The largest absolute Gasteiger partial charge is 0.350 e. The van der Waals surface area contributed by atoms with E-state index in [1.54, 1.807) is 0 Å². The number of hydrogen-bond donors (Lipinski definition) is 2. The molecule has 1 amide bonds. The molecule has 3 nitrogen and oxygen atoms in total. The molecule has 0 saturated heterocycles.